The highest BCUT2D eigenvalue weighted by molar-refractivity contribution is 5.76. The van der Waals surface area contributed by atoms with Gasteiger partial charge in [0.1, 0.15) is 73.2 Å². The van der Waals surface area contributed by atoms with Crippen molar-refractivity contribution < 1.29 is 89.4 Å². The van der Waals surface area contributed by atoms with Crippen molar-refractivity contribution in [2.45, 2.75) is 407 Å². The van der Waals surface area contributed by atoms with Gasteiger partial charge in [0.2, 0.25) is 5.91 Å². The predicted molar refractivity (Wildman–Crippen MR) is 479 cm³/mol. The Bertz CT molecular complexity index is 2850. The molecule has 17 unspecified atom stereocenters. The summed E-state index contributed by atoms with van der Waals surface area (Å²) in [5.74, 6) is -0.319. The molecule has 19 heteroatoms. The van der Waals surface area contributed by atoms with Crippen LogP contribution >= 0.6 is 0 Å². The first kappa shape index (κ1) is 107. The molecule has 0 aromatic rings. The Balaban J connectivity index is 1.36. The lowest BCUT2D eigenvalue weighted by Crippen LogP contribution is -2.66. The molecule has 3 rings (SSSR count). The van der Waals surface area contributed by atoms with Crippen molar-refractivity contribution in [1.29, 1.82) is 0 Å². The van der Waals surface area contributed by atoms with Gasteiger partial charge in [0, 0.05) is 6.42 Å². The topological polar surface area (TPSA) is 307 Å². The van der Waals surface area contributed by atoms with Gasteiger partial charge in [-0.05, 0) is 135 Å². The lowest BCUT2D eigenvalue weighted by molar-refractivity contribution is -0.379. The highest BCUT2D eigenvalue weighted by atomic mass is 16.8. The molecule has 118 heavy (non-hydrogen) atoms. The zero-order chi connectivity index (χ0) is 85.2. The number of amides is 1. The van der Waals surface area contributed by atoms with Gasteiger partial charge in [-0.25, -0.2) is 0 Å². The van der Waals surface area contributed by atoms with Crippen LogP contribution in [0.25, 0.3) is 0 Å². The van der Waals surface area contributed by atoms with Crippen molar-refractivity contribution in [2.75, 3.05) is 26.4 Å². The number of nitrogens with one attached hydrogen (secondary N) is 1. The second-order valence-electron chi connectivity index (χ2n) is 31.7. The molecule has 19 nitrogen and oxygen atoms in total. The first-order valence-electron chi connectivity index (χ1n) is 46.0. The van der Waals surface area contributed by atoms with Crippen molar-refractivity contribution in [3.05, 3.63) is 182 Å². The van der Waals surface area contributed by atoms with E-state index in [0.29, 0.717) is 12.8 Å². The van der Waals surface area contributed by atoms with Crippen LogP contribution in [-0.2, 0) is 33.2 Å². The van der Waals surface area contributed by atoms with Crippen LogP contribution in [0.4, 0.5) is 0 Å². The van der Waals surface area contributed by atoms with Crippen LogP contribution in [0.15, 0.2) is 182 Å². The molecule has 3 heterocycles. The van der Waals surface area contributed by atoms with Crippen LogP contribution < -0.4 is 5.32 Å². The first-order chi connectivity index (χ1) is 57.8. The van der Waals surface area contributed by atoms with E-state index in [4.69, 9.17) is 28.4 Å². The number of hydrogen-bond acceptors (Lipinski definition) is 18. The largest absolute Gasteiger partial charge is 0.394 e. The van der Waals surface area contributed by atoms with E-state index < -0.39 is 131 Å². The molecule has 17 atom stereocenters. The fourth-order valence-corrected chi connectivity index (χ4v) is 14.1. The molecule has 672 valence electrons. The Hall–Kier alpha value is -5.11. The smallest absolute Gasteiger partial charge is 0.220 e. The molecular weight excluding hydrogens is 1490 g/mol. The van der Waals surface area contributed by atoms with E-state index in [1.165, 1.54) is 141 Å². The summed E-state index contributed by atoms with van der Waals surface area (Å²) in [7, 11) is 0. The number of rotatable bonds is 72. The van der Waals surface area contributed by atoms with Gasteiger partial charge in [-0.2, -0.15) is 0 Å². The quantitative estimate of drug-likeness (QED) is 0.0199. The molecule has 0 saturated carbocycles. The third-order valence-electron chi connectivity index (χ3n) is 21.4. The minimum Gasteiger partial charge on any atom is -0.394 e. The van der Waals surface area contributed by atoms with E-state index in [2.05, 4.69) is 189 Å². The maximum atomic E-state index is 13.5. The van der Waals surface area contributed by atoms with Gasteiger partial charge < -0.3 is 89.9 Å². The first-order valence-corrected chi connectivity index (χ1v) is 46.0. The van der Waals surface area contributed by atoms with Gasteiger partial charge in [-0.3, -0.25) is 4.79 Å². The second kappa shape index (κ2) is 75.6. The minimum atomic E-state index is -2.00. The van der Waals surface area contributed by atoms with E-state index in [-0.39, 0.29) is 12.3 Å². The summed E-state index contributed by atoms with van der Waals surface area (Å²) < 4.78 is 34.5. The maximum absolute atomic E-state index is 13.5. The Morgan fingerprint density at radius 2 is 0.593 bits per heavy atom. The van der Waals surface area contributed by atoms with E-state index in [1.54, 1.807) is 6.08 Å². The Morgan fingerprint density at radius 3 is 0.949 bits per heavy atom. The maximum Gasteiger partial charge on any atom is 0.220 e. The molecular formula is C99H163NO18. The van der Waals surface area contributed by atoms with Gasteiger partial charge in [0.25, 0.3) is 0 Å². The van der Waals surface area contributed by atoms with Crippen LogP contribution in [0.1, 0.15) is 303 Å². The zero-order valence-electron chi connectivity index (χ0n) is 72.6. The average Bonchev–Trinajstić information content (AvgIpc) is 0.777. The van der Waals surface area contributed by atoms with Crippen LogP contribution in [0.3, 0.4) is 0 Å². The summed E-state index contributed by atoms with van der Waals surface area (Å²) in [6.45, 7) is 1.59. The van der Waals surface area contributed by atoms with E-state index in [1.807, 2.05) is 6.08 Å². The molecule has 1 amide bonds. The summed E-state index contributed by atoms with van der Waals surface area (Å²) in [5, 5.41) is 121. The normalized spacial score (nSPS) is 25.2. The zero-order valence-corrected chi connectivity index (χ0v) is 72.6. The lowest BCUT2D eigenvalue weighted by atomic mass is 9.96. The molecule has 3 aliphatic rings. The number of carbonyl (C=O) groups is 1. The van der Waals surface area contributed by atoms with E-state index in [9.17, 15) is 61.0 Å². The molecule has 0 aliphatic carbocycles. The summed E-state index contributed by atoms with van der Waals surface area (Å²) in [6, 6.07) is -1.03. The highest BCUT2D eigenvalue weighted by Crippen LogP contribution is 2.33. The van der Waals surface area contributed by atoms with Crippen LogP contribution in [-0.4, -0.2) is 193 Å². The Kier molecular flexibility index (Phi) is 68.6. The van der Waals surface area contributed by atoms with Crippen molar-refractivity contribution >= 4 is 5.91 Å². The monoisotopic (exact) mass is 1650 g/mol. The molecule has 0 radical (unpaired) electrons. The Labute approximate surface area is 712 Å². The number of carbonyl (C=O) groups excluding carboxylic acids is 1. The molecule has 0 bridgehead atoms. The van der Waals surface area contributed by atoms with E-state index >= 15 is 0 Å². The summed E-state index contributed by atoms with van der Waals surface area (Å²) >= 11 is 0. The highest BCUT2D eigenvalue weighted by Gasteiger charge is 2.54. The summed E-state index contributed by atoms with van der Waals surface area (Å²) in [6.07, 6.45) is 89.0. The van der Waals surface area contributed by atoms with Crippen LogP contribution in [0, 0.1) is 0 Å². The minimum absolute atomic E-state index is 0.190. The van der Waals surface area contributed by atoms with Crippen molar-refractivity contribution in [3.8, 4) is 0 Å². The number of aliphatic hydroxyl groups is 11. The van der Waals surface area contributed by atoms with Gasteiger partial charge in [-0.1, -0.05) is 344 Å². The van der Waals surface area contributed by atoms with Crippen molar-refractivity contribution in [1.82, 2.24) is 5.32 Å². The summed E-state index contributed by atoms with van der Waals surface area (Å²) in [4.78, 5) is 13.5. The van der Waals surface area contributed by atoms with Gasteiger partial charge in [0.05, 0.1) is 38.6 Å². The molecule has 3 fully saturated rings. The number of unbranched alkanes of at least 4 members (excludes halogenated alkanes) is 28. The predicted octanol–water partition coefficient (Wildman–Crippen LogP) is 18.2. The number of aliphatic hydroxyl groups excluding tert-OH is 11. The molecule has 0 aromatic carbocycles. The van der Waals surface area contributed by atoms with Gasteiger partial charge in [0.15, 0.2) is 18.9 Å². The molecule has 3 saturated heterocycles. The van der Waals surface area contributed by atoms with Crippen LogP contribution in [0.5, 0.6) is 0 Å². The Morgan fingerprint density at radius 1 is 0.314 bits per heavy atom. The van der Waals surface area contributed by atoms with Gasteiger partial charge >= 0.3 is 0 Å². The number of allylic oxidation sites excluding steroid dienone is 29. The van der Waals surface area contributed by atoms with Gasteiger partial charge in [-0.15, -0.1) is 0 Å². The lowest BCUT2D eigenvalue weighted by Gasteiger charge is -2.48. The third-order valence-corrected chi connectivity index (χ3v) is 21.4. The third kappa shape index (κ3) is 53.0. The standard InChI is InChI=1S/C99H163NO18/c1-3-5-7-9-11-13-15-17-19-21-23-25-27-29-31-33-35-37-38-39-40-41-42-43-44-45-47-49-51-53-55-57-59-61-63-65-67-69-71-73-75-77-87(105)100-82(83(104)76-74-72-70-68-66-64-62-60-58-56-54-52-50-48-46-36-34-32-30-28-26-24-22-20-18-16-14-12-10-8-6-4-2)81-113-97-93(111)90(108)95(85(79-102)115-97)118-99-94(112)91(109)96(86(80-103)116-99)117-98-92(110)89(107)88(106)84(78-101)114-98/h5,7,11,13,17,19,23,25,29,31,35,37,39-40,42-43,45,47,51,53,57-60,63,65-66,68,74,76,82-86,88-99,101-104,106-112H,3-4,6,8-10,12,14-16,18,20-22,24,26-28,30,32-34,36,38,41,44,46,48-50,52,54-56,61-62,64,67,69-73,75,77-81H2,1-2H3,(H,100,105)/b7-5-,13-11-,19-17-,25-23-,31-29-,37-35-,40-39-,43-42-,47-45-,53-51-,59-57-,60-58+,65-63-,68-66+,76-74+. The molecule has 3 aliphatic heterocycles. The fraction of sp³-hybridized carbons (Fsp3) is 0.687. The SMILES string of the molecule is CC/C=C\C/C=C\C/C=C\C/C=C\C/C=C\C/C=C\C/C=C\C/C=C\C/C=C\C/C=C\C/C=C\C/C=C\CCCCCCC(=O)NC(COC1OC(CO)C(OC2OC(CO)C(OC3OC(CO)C(O)C(O)C3O)C(O)C2O)C(O)C1O)C(O)/C=C/CC/C=C/CC/C=C/CCCCCCCCCCCCCCCCCCCCCCCC. The molecule has 0 spiro atoms. The molecule has 12 N–H and O–H groups in total. The van der Waals surface area contributed by atoms with Crippen molar-refractivity contribution in [2.24, 2.45) is 0 Å². The van der Waals surface area contributed by atoms with Crippen LogP contribution in [0.2, 0.25) is 0 Å². The van der Waals surface area contributed by atoms with E-state index in [0.717, 1.165) is 128 Å². The average molecular weight is 1660 g/mol. The fourth-order valence-electron chi connectivity index (χ4n) is 14.1. The van der Waals surface area contributed by atoms with Crippen molar-refractivity contribution in [3.63, 3.8) is 0 Å². The summed E-state index contributed by atoms with van der Waals surface area (Å²) in [5.41, 5.74) is 0. The molecule has 0 aromatic heterocycles. The number of ether oxygens (including phenoxy) is 6. The second-order valence-corrected chi connectivity index (χ2v) is 31.7. The number of hydrogen-bond donors (Lipinski definition) is 12.